The number of likely N-dealkylation sites (tertiary alicyclic amines) is 1. The molecule has 1 fully saturated rings. The van der Waals surface area contributed by atoms with Crippen molar-refractivity contribution in [1.82, 2.24) is 24.5 Å². The van der Waals surface area contributed by atoms with Gasteiger partial charge in [-0.2, -0.15) is 10.2 Å². The highest BCUT2D eigenvalue weighted by atomic mass is 16.5. The number of likely N-dealkylation sites (N-methyl/N-ethyl adjacent to an activating group) is 1. The zero-order valence-electron chi connectivity index (χ0n) is 19.9. The summed E-state index contributed by atoms with van der Waals surface area (Å²) in [4.78, 5) is 26.2. The largest absolute Gasteiger partial charge is 0.461 e. The van der Waals surface area contributed by atoms with Crippen LogP contribution >= 0.6 is 0 Å². The van der Waals surface area contributed by atoms with Crippen LogP contribution in [-0.4, -0.2) is 67.2 Å². The molecule has 1 aliphatic rings. The first-order valence-electron chi connectivity index (χ1n) is 11.1. The molecule has 1 amide bonds. The molecule has 0 radical (unpaired) electrons. The minimum atomic E-state index is -1.70. The van der Waals surface area contributed by atoms with E-state index in [9.17, 15) is 14.7 Å². The van der Waals surface area contributed by atoms with Crippen molar-refractivity contribution in [1.29, 1.82) is 0 Å². The zero-order valence-corrected chi connectivity index (χ0v) is 19.9. The lowest BCUT2D eigenvalue weighted by Gasteiger charge is -2.13. The fraction of sp³-hybridized carbons (Fsp3) is 0.360. The molecule has 0 aliphatic carbocycles. The van der Waals surface area contributed by atoms with Crippen LogP contribution in [-0.2, 0) is 16.1 Å². The first-order chi connectivity index (χ1) is 16.2. The van der Waals surface area contributed by atoms with E-state index in [1.165, 1.54) is 9.58 Å². The van der Waals surface area contributed by atoms with Crippen LogP contribution < -0.4 is 0 Å². The van der Waals surface area contributed by atoms with E-state index in [-0.39, 0.29) is 18.7 Å². The van der Waals surface area contributed by atoms with Gasteiger partial charge >= 0.3 is 5.97 Å². The number of esters is 1. The van der Waals surface area contributed by atoms with Crippen molar-refractivity contribution in [3.63, 3.8) is 0 Å². The van der Waals surface area contributed by atoms with Crippen LogP contribution in [0.25, 0.3) is 16.8 Å². The van der Waals surface area contributed by atoms with E-state index in [0.717, 1.165) is 5.56 Å². The Morgan fingerprint density at radius 3 is 2.74 bits per heavy atom. The Bertz CT molecular complexity index is 1220. The van der Waals surface area contributed by atoms with E-state index in [0.29, 0.717) is 29.9 Å². The standard InChI is InChI=1S/C25H29N5O4/c1-6-9-19(10-11-25(33)12-13-28(5)24(25)32)14-18(4)30-17-21(20-15-26-29(7-2)16-20)22(27-30)23(31)34-8-3/h6,9,14-17,33H,4,7-8,12-13H2,1-3,5H3/b9-6-,19-14+/t25-/m0/s1. The third-order valence-electron chi connectivity index (χ3n) is 5.34. The number of carbonyl (C=O) groups excluding carboxylic acids is 2. The second-order valence-electron chi connectivity index (χ2n) is 7.82. The van der Waals surface area contributed by atoms with Gasteiger partial charge in [-0.3, -0.25) is 9.48 Å². The maximum atomic E-state index is 12.6. The van der Waals surface area contributed by atoms with Gasteiger partial charge in [0.15, 0.2) is 5.69 Å². The number of carbonyl (C=O) groups is 2. The maximum Gasteiger partial charge on any atom is 0.359 e. The van der Waals surface area contributed by atoms with Gasteiger partial charge in [-0.15, -0.1) is 0 Å². The van der Waals surface area contributed by atoms with Crippen LogP contribution in [0.15, 0.2) is 49.0 Å². The van der Waals surface area contributed by atoms with E-state index in [1.807, 2.05) is 20.0 Å². The van der Waals surface area contributed by atoms with E-state index >= 15 is 0 Å². The molecule has 0 unspecified atom stereocenters. The van der Waals surface area contributed by atoms with Crippen LogP contribution in [0.2, 0.25) is 0 Å². The number of allylic oxidation sites excluding steroid dienone is 5. The molecule has 9 heteroatoms. The molecule has 0 aromatic carbocycles. The average molecular weight is 464 g/mol. The molecule has 0 bridgehead atoms. The van der Waals surface area contributed by atoms with Crippen molar-refractivity contribution in [2.24, 2.45) is 0 Å². The van der Waals surface area contributed by atoms with Gasteiger partial charge in [0.05, 0.1) is 18.5 Å². The molecular weight excluding hydrogens is 434 g/mol. The smallest absolute Gasteiger partial charge is 0.359 e. The Morgan fingerprint density at radius 2 is 2.15 bits per heavy atom. The Hall–Kier alpha value is -3.90. The minimum absolute atomic E-state index is 0.152. The summed E-state index contributed by atoms with van der Waals surface area (Å²) in [6.45, 7) is 10.9. The molecule has 178 valence electrons. The molecule has 1 N–H and O–H groups in total. The summed E-state index contributed by atoms with van der Waals surface area (Å²) in [6.07, 6.45) is 10.6. The third-order valence-corrected chi connectivity index (χ3v) is 5.34. The summed E-state index contributed by atoms with van der Waals surface area (Å²) < 4.78 is 8.40. The second-order valence-corrected chi connectivity index (χ2v) is 7.82. The summed E-state index contributed by atoms with van der Waals surface area (Å²) >= 11 is 0. The van der Waals surface area contributed by atoms with Crippen LogP contribution in [0.1, 0.15) is 37.7 Å². The van der Waals surface area contributed by atoms with Crippen molar-refractivity contribution in [2.75, 3.05) is 20.2 Å². The number of ether oxygens (including phenoxy) is 1. The lowest BCUT2D eigenvalue weighted by molar-refractivity contribution is -0.137. The molecule has 1 atom stereocenters. The molecule has 0 saturated carbocycles. The first-order valence-corrected chi connectivity index (χ1v) is 11.1. The van der Waals surface area contributed by atoms with Crippen molar-refractivity contribution in [2.45, 2.75) is 39.3 Å². The number of nitrogens with zero attached hydrogens (tertiary/aromatic N) is 5. The lowest BCUT2D eigenvalue weighted by atomic mass is 10.0. The van der Waals surface area contributed by atoms with Gasteiger partial charge in [0.1, 0.15) is 0 Å². The number of aromatic nitrogens is 4. The van der Waals surface area contributed by atoms with Crippen molar-refractivity contribution >= 4 is 17.6 Å². The Kier molecular flexibility index (Phi) is 7.54. The average Bonchev–Trinajstić information content (AvgIpc) is 3.53. The summed E-state index contributed by atoms with van der Waals surface area (Å²) in [5.41, 5.74) is 0.708. The number of amides is 1. The SMILES string of the molecule is C=C(/C=C(C#C[C@]1(O)CCN(C)C1=O)\C=C/C)n1cc(-c2cnn(CC)c2)c(C(=O)OCC)n1. The molecule has 3 rings (SSSR count). The van der Waals surface area contributed by atoms with Gasteiger partial charge in [-0.25, -0.2) is 9.48 Å². The minimum Gasteiger partial charge on any atom is -0.461 e. The van der Waals surface area contributed by atoms with Gasteiger partial charge in [0.25, 0.3) is 5.91 Å². The normalized spacial score (nSPS) is 18.3. The third kappa shape index (κ3) is 5.18. The zero-order chi connectivity index (χ0) is 24.9. The van der Waals surface area contributed by atoms with Gasteiger partial charge in [-0.1, -0.05) is 30.6 Å². The quantitative estimate of drug-likeness (QED) is 0.385. The Labute approximate surface area is 199 Å². The Morgan fingerprint density at radius 1 is 1.38 bits per heavy atom. The van der Waals surface area contributed by atoms with Crippen molar-refractivity contribution in [3.8, 4) is 23.0 Å². The summed E-state index contributed by atoms with van der Waals surface area (Å²) in [5, 5.41) is 19.3. The van der Waals surface area contributed by atoms with Gasteiger partial charge < -0.3 is 14.7 Å². The topological polar surface area (TPSA) is 102 Å². The highest BCUT2D eigenvalue weighted by molar-refractivity contribution is 5.95. The number of aliphatic hydroxyl groups is 1. The number of rotatable bonds is 7. The summed E-state index contributed by atoms with van der Waals surface area (Å²) in [7, 11) is 1.63. The highest BCUT2D eigenvalue weighted by Crippen LogP contribution is 2.25. The van der Waals surface area contributed by atoms with E-state index in [1.54, 1.807) is 49.3 Å². The highest BCUT2D eigenvalue weighted by Gasteiger charge is 2.42. The molecule has 34 heavy (non-hydrogen) atoms. The number of hydrogen-bond acceptors (Lipinski definition) is 6. The van der Waals surface area contributed by atoms with E-state index < -0.39 is 17.5 Å². The molecule has 1 aliphatic heterocycles. The Balaban J connectivity index is 1.97. The van der Waals surface area contributed by atoms with Crippen LogP contribution in [0.4, 0.5) is 0 Å². The molecule has 0 spiro atoms. The molecule has 9 nitrogen and oxygen atoms in total. The van der Waals surface area contributed by atoms with Gasteiger partial charge in [0, 0.05) is 55.7 Å². The summed E-state index contributed by atoms with van der Waals surface area (Å²) in [6, 6.07) is 0. The maximum absolute atomic E-state index is 12.6. The van der Waals surface area contributed by atoms with Crippen molar-refractivity contribution in [3.05, 3.63) is 54.7 Å². The predicted molar refractivity (Wildman–Crippen MR) is 128 cm³/mol. The molecule has 3 heterocycles. The molecule has 2 aromatic heterocycles. The predicted octanol–water partition coefficient (Wildman–Crippen LogP) is 2.51. The van der Waals surface area contributed by atoms with Crippen molar-refractivity contribution < 1.29 is 19.4 Å². The second kappa shape index (κ2) is 10.4. The molecular formula is C25H29N5O4. The van der Waals surface area contributed by atoms with Gasteiger partial charge in [0.2, 0.25) is 5.60 Å². The fourth-order valence-electron chi connectivity index (χ4n) is 3.45. The van der Waals surface area contributed by atoms with E-state index in [2.05, 4.69) is 28.6 Å². The molecule has 2 aromatic rings. The lowest BCUT2D eigenvalue weighted by Crippen LogP contribution is -2.37. The van der Waals surface area contributed by atoms with E-state index in [4.69, 9.17) is 4.74 Å². The number of aryl methyl sites for hydroxylation is 1. The molecule has 1 saturated heterocycles. The number of hydrogen-bond donors (Lipinski definition) is 1. The van der Waals surface area contributed by atoms with Crippen LogP contribution in [0.3, 0.4) is 0 Å². The first kappa shape index (κ1) is 24.7. The summed E-state index contributed by atoms with van der Waals surface area (Å²) in [5.74, 6) is 4.63. The fourth-order valence-corrected chi connectivity index (χ4v) is 3.45. The van der Waals surface area contributed by atoms with Gasteiger partial charge in [-0.05, 0) is 26.8 Å². The monoisotopic (exact) mass is 463 g/mol. The van der Waals surface area contributed by atoms with Crippen LogP contribution in [0, 0.1) is 11.8 Å². The van der Waals surface area contributed by atoms with Crippen LogP contribution in [0.5, 0.6) is 0 Å².